The van der Waals surface area contributed by atoms with E-state index in [0.29, 0.717) is 40.8 Å². The molecule has 2 aromatic heterocycles. The zero-order chi connectivity index (χ0) is 18.7. The number of aromatic nitrogens is 1. The van der Waals surface area contributed by atoms with E-state index >= 15 is 0 Å². The van der Waals surface area contributed by atoms with Crippen LogP contribution in [0.3, 0.4) is 0 Å². The second-order valence-corrected chi connectivity index (χ2v) is 7.88. The normalized spacial score (nSPS) is 24.1. The molecule has 9 nitrogen and oxygen atoms in total. The minimum Gasteiger partial charge on any atom is -0.365 e. The molecule has 3 aliphatic rings. The predicted octanol–water partition coefficient (Wildman–Crippen LogP) is 1.14. The first kappa shape index (κ1) is 16.5. The number of nitrogens with two attached hydrogens (primary N) is 1. The van der Waals surface area contributed by atoms with Gasteiger partial charge in [0, 0.05) is 19.3 Å². The van der Waals surface area contributed by atoms with Crippen molar-refractivity contribution in [2.75, 3.05) is 29.9 Å². The number of pyridine rings is 1. The van der Waals surface area contributed by atoms with Gasteiger partial charge >= 0.3 is 6.03 Å². The molecule has 3 N–H and O–H groups in total. The molecule has 4 amide bonds. The van der Waals surface area contributed by atoms with E-state index in [1.54, 1.807) is 22.1 Å². The van der Waals surface area contributed by atoms with Gasteiger partial charge in [-0.1, -0.05) is 0 Å². The molecule has 5 rings (SSSR count). The highest BCUT2D eigenvalue weighted by molar-refractivity contribution is 7.21. The van der Waals surface area contributed by atoms with Gasteiger partial charge in [0.1, 0.15) is 9.71 Å². The van der Waals surface area contributed by atoms with E-state index in [9.17, 15) is 14.4 Å². The number of epoxide rings is 1. The molecule has 140 valence electrons. The van der Waals surface area contributed by atoms with Crippen LogP contribution in [0.15, 0.2) is 12.3 Å². The summed E-state index contributed by atoms with van der Waals surface area (Å²) in [6.45, 7) is 1.50. The van der Waals surface area contributed by atoms with Gasteiger partial charge < -0.3 is 20.7 Å². The fraction of sp³-hybridized carbons (Fsp3) is 0.412. The van der Waals surface area contributed by atoms with Crippen LogP contribution in [0.5, 0.6) is 0 Å². The summed E-state index contributed by atoms with van der Waals surface area (Å²) in [5.41, 5.74) is 6.72. The maximum absolute atomic E-state index is 12.9. The van der Waals surface area contributed by atoms with Gasteiger partial charge in [-0.05, 0) is 18.9 Å². The number of thiophene rings is 1. The molecule has 2 saturated heterocycles. The van der Waals surface area contributed by atoms with Gasteiger partial charge in [-0.3, -0.25) is 14.5 Å². The lowest BCUT2D eigenvalue weighted by atomic mass is 10.0. The van der Waals surface area contributed by atoms with Gasteiger partial charge in [-0.15, -0.1) is 11.3 Å². The van der Waals surface area contributed by atoms with Crippen LogP contribution in [0.25, 0.3) is 10.2 Å². The summed E-state index contributed by atoms with van der Waals surface area (Å²) in [5.74, 6) is -0.626. The smallest absolute Gasteiger partial charge is 0.326 e. The zero-order valence-corrected chi connectivity index (χ0v) is 15.1. The molecular formula is C17H17N5O4S. The third kappa shape index (κ3) is 2.55. The second-order valence-electron chi connectivity index (χ2n) is 6.89. The largest absolute Gasteiger partial charge is 0.365 e. The van der Waals surface area contributed by atoms with E-state index in [4.69, 9.17) is 10.5 Å². The number of nitrogens with one attached hydrogen (secondary N) is 1. The Labute approximate surface area is 158 Å². The van der Waals surface area contributed by atoms with Crippen molar-refractivity contribution in [1.29, 1.82) is 0 Å². The molecule has 0 bridgehead atoms. The number of amides is 4. The minimum atomic E-state index is -0.589. The summed E-state index contributed by atoms with van der Waals surface area (Å²) in [5, 5.41) is 3.60. The quantitative estimate of drug-likeness (QED) is 0.765. The van der Waals surface area contributed by atoms with Gasteiger partial charge in [0.15, 0.2) is 6.10 Å². The maximum atomic E-state index is 12.9. The summed E-state index contributed by atoms with van der Waals surface area (Å²) in [6.07, 6.45) is 2.74. The number of hydrogen-bond acceptors (Lipinski definition) is 6. The number of hydrogen-bond donors (Lipinski definition) is 2. The molecule has 0 aromatic carbocycles. The van der Waals surface area contributed by atoms with Gasteiger partial charge in [0.05, 0.1) is 29.4 Å². The average Bonchev–Trinajstić information content (AvgIpc) is 3.43. The fourth-order valence-electron chi connectivity index (χ4n) is 3.89. The van der Waals surface area contributed by atoms with E-state index in [1.807, 2.05) is 0 Å². The van der Waals surface area contributed by atoms with Crippen molar-refractivity contribution in [3.63, 3.8) is 0 Å². The molecule has 2 aromatic rings. The molecule has 10 heteroatoms. The lowest BCUT2D eigenvalue weighted by Crippen LogP contribution is -2.54. The Bertz CT molecular complexity index is 985. The van der Waals surface area contributed by atoms with E-state index < -0.39 is 5.91 Å². The number of anilines is 2. The number of nitrogens with zero attached hydrogens (tertiary/aromatic N) is 3. The Kier molecular flexibility index (Phi) is 3.59. The number of likely N-dealkylation sites (tertiary alicyclic amines) is 1. The molecule has 0 aliphatic carbocycles. The first-order valence-electron chi connectivity index (χ1n) is 8.76. The van der Waals surface area contributed by atoms with Crippen LogP contribution in [0.1, 0.15) is 22.5 Å². The molecular weight excluding hydrogens is 370 g/mol. The number of urea groups is 1. The van der Waals surface area contributed by atoms with Crippen molar-refractivity contribution < 1.29 is 19.1 Å². The molecule has 0 unspecified atom stereocenters. The summed E-state index contributed by atoms with van der Waals surface area (Å²) in [4.78, 5) is 46.0. The maximum Gasteiger partial charge on any atom is 0.326 e. The second kappa shape index (κ2) is 5.89. The van der Waals surface area contributed by atoms with Gasteiger partial charge in [0.25, 0.3) is 11.8 Å². The lowest BCUT2D eigenvalue weighted by Gasteiger charge is -2.40. The number of primary amides is 1. The topological polar surface area (TPSA) is 121 Å². The zero-order valence-electron chi connectivity index (χ0n) is 14.3. The predicted molar refractivity (Wildman–Crippen MR) is 99.0 cm³/mol. The molecule has 3 aliphatic heterocycles. The molecule has 0 spiro atoms. The van der Waals surface area contributed by atoms with Crippen molar-refractivity contribution in [3.05, 3.63) is 17.1 Å². The SMILES string of the molecule is NC(=O)c1sc2nccc3c2c1N([C@@H]1CCCN(C(=O)[C@H]2CO2)C1)C(=O)N3. The van der Waals surface area contributed by atoms with Crippen molar-refractivity contribution in [2.24, 2.45) is 5.73 Å². The van der Waals surface area contributed by atoms with E-state index in [2.05, 4.69) is 10.3 Å². The van der Waals surface area contributed by atoms with Crippen LogP contribution in [0.2, 0.25) is 0 Å². The number of carbonyl (C=O) groups is 3. The van der Waals surface area contributed by atoms with E-state index in [1.165, 1.54) is 11.3 Å². The highest BCUT2D eigenvalue weighted by atomic mass is 32.1. The van der Waals surface area contributed by atoms with E-state index in [0.717, 1.165) is 18.2 Å². The highest BCUT2D eigenvalue weighted by Crippen LogP contribution is 2.45. The van der Waals surface area contributed by atoms with Crippen molar-refractivity contribution in [2.45, 2.75) is 25.0 Å². The molecule has 0 saturated carbocycles. The third-order valence-corrected chi connectivity index (χ3v) is 6.28. The Morgan fingerprint density at radius 1 is 1.41 bits per heavy atom. The number of ether oxygens (including phenoxy) is 1. The monoisotopic (exact) mass is 387 g/mol. The number of piperidine rings is 1. The third-order valence-electron chi connectivity index (χ3n) is 5.17. The molecule has 5 heterocycles. The van der Waals surface area contributed by atoms with Gasteiger partial charge in [-0.25, -0.2) is 9.78 Å². The number of carbonyl (C=O) groups excluding carboxylic acids is 3. The van der Waals surface area contributed by atoms with Crippen molar-refractivity contribution in [3.8, 4) is 0 Å². The van der Waals surface area contributed by atoms with E-state index in [-0.39, 0.29) is 24.1 Å². The van der Waals surface area contributed by atoms with Crippen molar-refractivity contribution in [1.82, 2.24) is 9.88 Å². The Balaban J connectivity index is 1.57. The summed E-state index contributed by atoms with van der Waals surface area (Å²) in [7, 11) is 0. The first-order valence-corrected chi connectivity index (χ1v) is 9.58. The number of rotatable bonds is 3. The average molecular weight is 387 g/mol. The molecule has 0 radical (unpaired) electrons. The van der Waals surface area contributed by atoms with Crippen LogP contribution < -0.4 is 16.0 Å². The summed E-state index contributed by atoms with van der Waals surface area (Å²) in [6, 6.07) is 1.14. The molecule has 2 fully saturated rings. The van der Waals surface area contributed by atoms with Crippen LogP contribution >= 0.6 is 11.3 Å². The van der Waals surface area contributed by atoms with Crippen LogP contribution in [-0.2, 0) is 9.53 Å². The minimum absolute atomic E-state index is 0.0372. The van der Waals surface area contributed by atoms with Gasteiger partial charge in [0.2, 0.25) is 0 Å². The first-order chi connectivity index (χ1) is 13.0. The summed E-state index contributed by atoms with van der Waals surface area (Å²) >= 11 is 1.18. The van der Waals surface area contributed by atoms with Crippen molar-refractivity contribution >= 4 is 50.8 Å². The van der Waals surface area contributed by atoms with Crippen LogP contribution in [0.4, 0.5) is 16.2 Å². The van der Waals surface area contributed by atoms with Crippen LogP contribution in [-0.4, -0.2) is 59.6 Å². The summed E-state index contributed by atoms with van der Waals surface area (Å²) < 4.78 is 5.10. The standard InChI is InChI=1S/C17H17N5O4S/c18-14(23)13-12-11-9(3-4-19-15(11)27-13)20-17(25)22(12)8-2-1-5-21(6-8)16(24)10-7-26-10/h3-4,8,10H,1-2,5-7H2,(H2,18,23)(H,20,25)/t8-,10-/m1/s1. The Morgan fingerprint density at radius 3 is 2.96 bits per heavy atom. The molecule has 27 heavy (non-hydrogen) atoms. The van der Waals surface area contributed by atoms with Gasteiger partial charge in [-0.2, -0.15) is 0 Å². The Morgan fingerprint density at radius 2 is 2.22 bits per heavy atom. The lowest BCUT2D eigenvalue weighted by molar-refractivity contribution is -0.133. The highest BCUT2D eigenvalue weighted by Gasteiger charge is 2.41. The fourth-order valence-corrected chi connectivity index (χ4v) is 4.91. The molecule has 2 atom stereocenters. The van der Waals surface area contributed by atoms with Crippen LogP contribution in [0, 0.1) is 0 Å². The Hall–Kier alpha value is -2.72.